The minimum Gasteiger partial charge on any atom is -0.465 e. The second kappa shape index (κ2) is 5.75. The van der Waals surface area contributed by atoms with Crippen molar-refractivity contribution >= 4 is 29.1 Å². The molecule has 0 radical (unpaired) electrons. The largest absolute Gasteiger partial charge is 0.465 e. The molecule has 0 spiro atoms. The summed E-state index contributed by atoms with van der Waals surface area (Å²) in [6.45, 7) is 0. The summed E-state index contributed by atoms with van der Waals surface area (Å²) >= 11 is 0. The van der Waals surface area contributed by atoms with Crippen LogP contribution in [0.4, 0.5) is 21.9 Å². The molecule has 6 nitrogen and oxygen atoms in total. The predicted octanol–water partition coefficient (Wildman–Crippen LogP) is 2.61. The van der Waals surface area contributed by atoms with E-state index in [4.69, 9.17) is 10.8 Å². The highest BCUT2D eigenvalue weighted by atomic mass is 16.4. The van der Waals surface area contributed by atoms with Gasteiger partial charge in [0.15, 0.2) is 0 Å². The second-order valence-corrected chi connectivity index (χ2v) is 4.05. The lowest BCUT2D eigenvalue weighted by atomic mass is 10.1. The minimum absolute atomic E-state index is 0.318. The number of amides is 2. The first-order chi connectivity index (χ1) is 9.56. The van der Waals surface area contributed by atoms with Gasteiger partial charge in [-0.1, -0.05) is 12.1 Å². The number of benzene rings is 2. The van der Waals surface area contributed by atoms with Crippen LogP contribution in [0.15, 0.2) is 48.5 Å². The van der Waals surface area contributed by atoms with Crippen LogP contribution in [-0.4, -0.2) is 17.1 Å². The van der Waals surface area contributed by atoms with Crippen LogP contribution in [0.1, 0.15) is 10.4 Å². The van der Waals surface area contributed by atoms with Gasteiger partial charge in [-0.3, -0.25) is 10.1 Å². The van der Waals surface area contributed by atoms with Crippen molar-refractivity contribution in [2.45, 2.75) is 0 Å². The molecule has 2 aromatic carbocycles. The Hall–Kier alpha value is -3.02. The smallest absolute Gasteiger partial charge is 0.409 e. The number of hydrogen-bond donors (Lipinski definition) is 4. The number of carbonyl (C=O) groups excluding carboxylic acids is 1. The first-order valence-corrected chi connectivity index (χ1v) is 5.82. The summed E-state index contributed by atoms with van der Waals surface area (Å²) < 4.78 is 0. The zero-order chi connectivity index (χ0) is 14.5. The van der Waals surface area contributed by atoms with Gasteiger partial charge in [-0.05, 0) is 36.4 Å². The van der Waals surface area contributed by atoms with Gasteiger partial charge in [0.25, 0.3) is 5.91 Å². The lowest BCUT2D eigenvalue weighted by molar-refractivity contribution is 0.102. The first-order valence-electron chi connectivity index (χ1n) is 5.82. The van der Waals surface area contributed by atoms with Crippen LogP contribution in [0.3, 0.4) is 0 Å². The molecular weight excluding hydrogens is 258 g/mol. The van der Waals surface area contributed by atoms with Crippen LogP contribution in [-0.2, 0) is 0 Å². The Morgan fingerprint density at radius 1 is 0.900 bits per heavy atom. The Balaban J connectivity index is 2.09. The van der Waals surface area contributed by atoms with E-state index in [0.717, 1.165) is 0 Å². The van der Waals surface area contributed by atoms with Crippen LogP contribution >= 0.6 is 0 Å². The minimum atomic E-state index is -1.14. The van der Waals surface area contributed by atoms with Crippen molar-refractivity contribution < 1.29 is 14.7 Å². The molecule has 5 N–H and O–H groups in total. The number of hydrogen-bond acceptors (Lipinski definition) is 3. The average Bonchev–Trinajstić information content (AvgIpc) is 2.41. The van der Waals surface area contributed by atoms with Crippen molar-refractivity contribution in [3.8, 4) is 0 Å². The molecular formula is C14H13N3O3. The normalized spacial score (nSPS) is 9.80. The highest BCUT2D eigenvalue weighted by molar-refractivity contribution is 6.07. The molecule has 102 valence electrons. The quantitative estimate of drug-likeness (QED) is 0.644. The van der Waals surface area contributed by atoms with Crippen molar-refractivity contribution in [3.05, 3.63) is 54.1 Å². The molecule has 0 heterocycles. The third-order valence-electron chi connectivity index (χ3n) is 2.60. The maximum atomic E-state index is 12.0. The first kappa shape index (κ1) is 13.4. The number of nitrogen functional groups attached to an aromatic ring is 1. The van der Waals surface area contributed by atoms with Crippen LogP contribution in [0.2, 0.25) is 0 Å². The standard InChI is InChI=1S/C14H13N3O3/c15-12-4-2-1-3-11(12)13(18)16-9-5-7-10(8-6-9)17-14(19)20/h1-8,17H,15H2,(H,16,18)(H,19,20). The van der Waals surface area contributed by atoms with Crippen molar-refractivity contribution in [2.24, 2.45) is 0 Å². The van der Waals surface area contributed by atoms with Gasteiger partial charge in [0.1, 0.15) is 0 Å². The Morgan fingerprint density at radius 3 is 2.00 bits per heavy atom. The Labute approximate surface area is 115 Å². The third kappa shape index (κ3) is 3.26. The summed E-state index contributed by atoms with van der Waals surface area (Å²) in [5.41, 5.74) is 7.48. The molecule has 0 aliphatic heterocycles. The fourth-order valence-electron chi connectivity index (χ4n) is 1.66. The number of rotatable bonds is 3. The zero-order valence-electron chi connectivity index (χ0n) is 10.5. The summed E-state index contributed by atoms with van der Waals surface area (Å²) in [5.74, 6) is -0.318. The molecule has 0 aliphatic rings. The van der Waals surface area contributed by atoms with Gasteiger partial charge in [0.2, 0.25) is 0 Å². The highest BCUT2D eigenvalue weighted by Crippen LogP contribution is 2.16. The van der Waals surface area contributed by atoms with E-state index in [-0.39, 0.29) is 5.91 Å². The highest BCUT2D eigenvalue weighted by Gasteiger charge is 2.09. The zero-order valence-corrected chi connectivity index (χ0v) is 10.5. The molecule has 0 fully saturated rings. The van der Waals surface area contributed by atoms with E-state index in [1.54, 1.807) is 48.5 Å². The van der Waals surface area contributed by atoms with E-state index in [0.29, 0.717) is 22.6 Å². The average molecular weight is 271 g/mol. The number of carboxylic acid groups (broad SMARTS) is 1. The van der Waals surface area contributed by atoms with Crippen LogP contribution in [0, 0.1) is 0 Å². The van der Waals surface area contributed by atoms with Gasteiger partial charge in [-0.2, -0.15) is 0 Å². The maximum absolute atomic E-state index is 12.0. The van der Waals surface area contributed by atoms with E-state index in [9.17, 15) is 9.59 Å². The molecule has 0 unspecified atom stereocenters. The Bertz CT molecular complexity index is 638. The lowest BCUT2D eigenvalue weighted by Crippen LogP contribution is -2.14. The Morgan fingerprint density at radius 2 is 1.45 bits per heavy atom. The van der Waals surface area contributed by atoms with Crippen LogP contribution in [0.25, 0.3) is 0 Å². The molecule has 0 saturated carbocycles. The summed E-state index contributed by atoms with van der Waals surface area (Å²) in [5, 5.41) is 13.5. The van der Waals surface area contributed by atoms with E-state index in [1.165, 1.54) is 0 Å². The molecule has 20 heavy (non-hydrogen) atoms. The summed E-state index contributed by atoms with van der Waals surface area (Å²) in [6.07, 6.45) is -1.14. The van der Waals surface area contributed by atoms with Gasteiger partial charge in [-0.25, -0.2) is 4.79 Å². The van der Waals surface area contributed by atoms with E-state index in [2.05, 4.69) is 10.6 Å². The van der Waals surface area contributed by atoms with Gasteiger partial charge in [-0.15, -0.1) is 0 Å². The molecule has 2 amide bonds. The fourth-order valence-corrected chi connectivity index (χ4v) is 1.66. The van der Waals surface area contributed by atoms with Gasteiger partial charge in [0.05, 0.1) is 5.56 Å². The number of para-hydroxylation sites is 1. The van der Waals surface area contributed by atoms with Crippen molar-refractivity contribution in [1.82, 2.24) is 0 Å². The lowest BCUT2D eigenvalue weighted by Gasteiger charge is -2.08. The van der Waals surface area contributed by atoms with Crippen LogP contribution in [0.5, 0.6) is 0 Å². The summed E-state index contributed by atoms with van der Waals surface area (Å²) in [6, 6.07) is 13.1. The number of carbonyl (C=O) groups is 2. The predicted molar refractivity (Wildman–Crippen MR) is 76.9 cm³/mol. The molecule has 0 aromatic heterocycles. The monoisotopic (exact) mass is 271 g/mol. The molecule has 6 heteroatoms. The van der Waals surface area contributed by atoms with Crippen LogP contribution < -0.4 is 16.4 Å². The van der Waals surface area contributed by atoms with Crippen molar-refractivity contribution in [2.75, 3.05) is 16.4 Å². The summed E-state index contributed by atoms with van der Waals surface area (Å²) in [4.78, 5) is 22.5. The van der Waals surface area contributed by atoms with Gasteiger partial charge >= 0.3 is 6.09 Å². The number of nitrogens with one attached hydrogen (secondary N) is 2. The molecule has 0 bridgehead atoms. The van der Waals surface area contributed by atoms with E-state index in [1.807, 2.05) is 0 Å². The van der Waals surface area contributed by atoms with Crippen molar-refractivity contribution in [1.29, 1.82) is 0 Å². The number of nitrogens with two attached hydrogens (primary N) is 1. The molecule has 2 rings (SSSR count). The molecule has 0 saturated heterocycles. The van der Waals surface area contributed by atoms with Gasteiger partial charge in [0, 0.05) is 17.1 Å². The number of anilines is 3. The second-order valence-electron chi connectivity index (χ2n) is 4.05. The summed E-state index contributed by atoms with van der Waals surface area (Å²) in [7, 11) is 0. The van der Waals surface area contributed by atoms with Crippen molar-refractivity contribution in [3.63, 3.8) is 0 Å². The molecule has 0 atom stereocenters. The van der Waals surface area contributed by atoms with E-state index < -0.39 is 6.09 Å². The van der Waals surface area contributed by atoms with Gasteiger partial charge < -0.3 is 16.2 Å². The molecule has 2 aromatic rings. The molecule has 0 aliphatic carbocycles. The topological polar surface area (TPSA) is 104 Å². The SMILES string of the molecule is Nc1ccccc1C(=O)Nc1ccc(NC(=O)O)cc1. The maximum Gasteiger partial charge on any atom is 0.409 e. The Kier molecular flexibility index (Phi) is 3.85. The fraction of sp³-hybridized carbons (Fsp3) is 0. The van der Waals surface area contributed by atoms with E-state index >= 15 is 0 Å². The third-order valence-corrected chi connectivity index (χ3v) is 2.60.